The third-order valence-electron chi connectivity index (χ3n) is 6.75. The van der Waals surface area contributed by atoms with Crippen molar-refractivity contribution in [2.45, 2.75) is 39.8 Å². The van der Waals surface area contributed by atoms with Gasteiger partial charge in [-0.15, -0.1) is 0 Å². The van der Waals surface area contributed by atoms with E-state index in [0.717, 1.165) is 44.7 Å². The number of hydrogen-bond acceptors (Lipinski definition) is 5. The fraction of sp³-hybridized carbons (Fsp3) is 0.207. The van der Waals surface area contributed by atoms with Crippen LogP contribution in [0.15, 0.2) is 70.0 Å². The van der Waals surface area contributed by atoms with Gasteiger partial charge >= 0.3 is 5.76 Å². The number of allylic oxidation sites excluding steroid dienone is 1. The molecule has 8 heteroatoms. The largest absolute Gasteiger partial charge is 0.488 e. The molecule has 1 aliphatic heterocycles. The number of nitrogens with zero attached hydrogens (tertiary/aromatic N) is 3. The molecule has 5 aromatic rings. The van der Waals surface area contributed by atoms with Crippen LogP contribution in [0, 0.1) is 5.82 Å². The lowest BCUT2D eigenvalue weighted by Gasteiger charge is -2.16. The molecule has 0 saturated heterocycles. The number of aromatic amines is 1. The lowest BCUT2D eigenvalue weighted by atomic mass is 9.89. The summed E-state index contributed by atoms with van der Waals surface area (Å²) in [7, 11) is 0. The van der Waals surface area contributed by atoms with Crippen molar-refractivity contribution >= 4 is 22.2 Å². The molecule has 3 heterocycles. The molecule has 0 saturated carbocycles. The van der Waals surface area contributed by atoms with E-state index in [2.05, 4.69) is 52.8 Å². The molecule has 186 valence electrons. The maximum Gasteiger partial charge on any atom is 0.439 e. The second-order valence-corrected chi connectivity index (χ2v) is 9.56. The summed E-state index contributed by atoms with van der Waals surface area (Å²) in [5, 5.41) is 3.88. The van der Waals surface area contributed by atoms with E-state index in [1.54, 1.807) is 6.07 Å². The summed E-state index contributed by atoms with van der Waals surface area (Å²) in [5.74, 6) is 1.03. The highest BCUT2D eigenvalue weighted by molar-refractivity contribution is 5.99. The van der Waals surface area contributed by atoms with Gasteiger partial charge < -0.3 is 9.30 Å². The van der Waals surface area contributed by atoms with Crippen LogP contribution < -0.4 is 10.5 Å². The van der Waals surface area contributed by atoms with Crippen molar-refractivity contribution < 1.29 is 13.7 Å². The molecule has 0 bridgehead atoms. The number of para-hydroxylation sites is 2. The first-order valence-electron chi connectivity index (χ1n) is 12.2. The van der Waals surface area contributed by atoms with Crippen LogP contribution in [0.1, 0.15) is 60.6 Å². The van der Waals surface area contributed by atoms with Gasteiger partial charge in [-0.3, -0.25) is 9.51 Å². The van der Waals surface area contributed by atoms with Crippen molar-refractivity contribution in [3.63, 3.8) is 0 Å². The maximum atomic E-state index is 14.1. The molecule has 0 radical (unpaired) electrons. The number of aromatic nitrogens is 4. The van der Waals surface area contributed by atoms with Crippen molar-refractivity contribution in [2.75, 3.05) is 0 Å². The predicted molar refractivity (Wildman–Crippen MR) is 139 cm³/mol. The summed E-state index contributed by atoms with van der Waals surface area (Å²) in [4.78, 5) is 19.1. The minimum absolute atomic E-state index is 0.266. The van der Waals surface area contributed by atoms with Crippen molar-refractivity contribution in [3.05, 3.63) is 111 Å². The van der Waals surface area contributed by atoms with Crippen LogP contribution in [0.25, 0.3) is 22.2 Å². The fourth-order valence-electron chi connectivity index (χ4n) is 5.03. The Kier molecular flexibility index (Phi) is 5.52. The van der Waals surface area contributed by atoms with Crippen molar-refractivity contribution in [3.8, 4) is 5.75 Å². The first-order valence-corrected chi connectivity index (χ1v) is 12.2. The van der Waals surface area contributed by atoms with Gasteiger partial charge in [-0.2, -0.15) is 0 Å². The van der Waals surface area contributed by atoms with Crippen LogP contribution in [-0.4, -0.2) is 19.7 Å². The molecule has 1 N–H and O–H groups in total. The van der Waals surface area contributed by atoms with E-state index in [0.29, 0.717) is 23.7 Å². The zero-order chi connectivity index (χ0) is 25.7. The van der Waals surface area contributed by atoms with Gasteiger partial charge in [0.1, 0.15) is 24.0 Å². The molecule has 6 rings (SSSR count). The van der Waals surface area contributed by atoms with E-state index in [1.165, 1.54) is 12.1 Å². The summed E-state index contributed by atoms with van der Waals surface area (Å²) in [6.07, 6.45) is 0. The Hall–Kier alpha value is -4.46. The van der Waals surface area contributed by atoms with Crippen molar-refractivity contribution in [1.82, 2.24) is 19.7 Å². The quantitative estimate of drug-likeness (QED) is 0.335. The van der Waals surface area contributed by atoms with Crippen LogP contribution in [0.3, 0.4) is 0 Å². The van der Waals surface area contributed by atoms with Crippen LogP contribution >= 0.6 is 0 Å². The Bertz CT molecular complexity index is 1740. The third-order valence-corrected chi connectivity index (χ3v) is 6.75. The lowest BCUT2D eigenvalue weighted by Crippen LogP contribution is -2.08. The summed E-state index contributed by atoms with van der Waals surface area (Å²) in [6, 6.07) is 18.9. The van der Waals surface area contributed by atoms with Gasteiger partial charge in [-0.05, 0) is 59.5 Å². The van der Waals surface area contributed by atoms with E-state index >= 15 is 0 Å². The Morgan fingerprint density at radius 1 is 1.11 bits per heavy atom. The minimum atomic E-state index is -0.636. The first kappa shape index (κ1) is 23.0. The first-order chi connectivity index (χ1) is 17.9. The van der Waals surface area contributed by atoms with Crippen molar-refractivity contribution in [1.29, 1.82) is 0 Å². The van der Waals surface area contributed by atoms with Gasteiger partial charge in [0.25, 0.3) is 0 Å². The van der Waals surface area contributed by atoms with E-state index < -0.39 is 5.76 Å². The zero-order valence-corrected chi connectivity index (χ0v) is 20.7. The highest BCUT2D eigenvalue weighted by Crippen LogP contribution is 2.41. The van der Waals surface area contributed by atoms with E-state index in [4.69, 9.17) is 14.2 Å². The lowest BCUT2D eigenvalue weighted by molar-refractivity contribution is 0.305. The average Bonchev–Trinajstić information content (AvgIpc) is 3.44. The molecule has 0 unspecified atom stereocenters. The standard InChI is InChI=1S/C29H25FN4O3/c1-16(2)28-31-23-6-4-5-7-24(23)34(28)14-18-8-10-21-19(12-18)15-36-25-13-20(30)9-11-22(25)26(21)17(3)27-32-29(35)37-33-27/h4-13,16H,14-15H2,1-3H3,(H,32,33,35)/b26-17-. The van der Waals surface area contributed by atoms with Crippen LogP contribution in [0.2, 0.25) is 0 Å². The number of ether oxygens (including phenoxy) is 1. The number of H-pyrrole nitrogens is 1. The number of rotatable bonds is 4. The highest BCUT2D eigenvalue weighted by Gasteiger charge is 2.24. The third kappa shape index (κ3) is 4.04. The number of hydrogen-bond donors (Lipinski definition) is 1. The van der Waals surface area contributed by atoms with Crippen molar-refractivity contribution in [2.24, 2.45) is 0 Å². The van der Waals surface area contributed by atoms with Crippen LogP contribution in [-0.2, 0) is 13.2 Å². The SMILES string of the molecule is C/C(=C1\c2ccc(Cn3c(C(C)C)nc4ccccc43)cc2COc2cc(F)ccc21)c1noc(=O)[nH]1. The molecule has 0 atom stereocenters. The molecule has 7 nitrogen and oxygen atoms in total. The molecule has 37 heavy (non-hydrogen) atoms. The van der Waals surface area contributed by atoms with E-state index in [-0.39, 0.29) is 18.3 Å². The molecular formula is C29H25FN4O3. The monoisotopic (exact) mass is 496 g/mol. The number of fused-ring (bicyclic) bond motifs is 3. The topological polar surface area (TPSA) is 85.9 Å². The van der Waals surface area contributed by atoms with Gasteiger partial charge in [0.05, 0.1) is 11.0 Å². The second-order valence-electron chi connectivity index (χ2n) is 9.56. The zero-order valence-electron chi connectivity index (χ0n) is 20.7. The number of imidazole rings is 1. The van der Waals surface area contributed by atoms with Gasteiger partial charge in [-0.25, -0.2) is 14.2 Å². The summed E-state index contributed by atoms with van der Waals surface area (Å²) < 4.78 is 27.2. The van der Waals surface area contributed by atoms with E-state index in [1.807, 2.05) is 25.1 Å². The Labute approximate surface area is 212 Å². The van der Waals surface area contributed by atoms with Gasteiger partial charge in [0.2, 0.25) is 0 Å². The molecular weight excluding hydrogens is 471 g/mol. The normalized spacial score (nSPS) is 14.3. The highest BCUT2D eigenvalue weighted by atomic mass is 19.1. The fourth-order valence-corrected chi connectivity index (χ4v) is 5.03. The van der Waals surface area contributed by atoms with E-state index in [9.17, 15) is 9.18 Å². The number of benzene rings is 3. The van der Waals surface area contributed by atoms with Gasteiger partial charge in [0.15, 0.2) is 5.82 Å². The number of halogens is 1. The summed E-state index contributed by atoms with van der Waals surface area (Å²) >= 11 is 0. The molecule has 0 aliphatic carbocycles. The smallest absolute Gasteiger partial charge is 0.439 e. The molecule has 0 spiro atoms. The Morgan fingerprint density at radius 3 is 2.70 bits per heavy atom. The van der Waals surface area contributed by atoms with Crippen LogP contribution in [0.5, 0.6) is 5.75 Å². The van der Waals surface area contributed by atoms with Crippen LogP contribution in [0.4, 0.5) is 4.39 Å². The molecule has 2 aromatic heterocycles. The Morgan fingerprint density at radius 2 is 1.92 bits per heavy atom. The summed E-state index contributed by atoms with van der Waals surface area (Å²) in [6.45, 7) is 7.07. The minimum Gasteiger partial charge on any atom is -0.488 e. The summed E-state index contributed by atoms with van der Waals surface area (Å²) in [5.41, 5.74) is 7.25. The molecule has 0 fully saturated rings. The molecule has 0 amide bonds. The average molecular weight is 497 g/mol. The van der Waals surface area contributed by atoms with Gasteiger partial charge in [0, 0.05) is 29.7 Å². The maximum absolute atomic E-state index is 14.1. The second kappa shape index (κ2) is 8.89. The Balaban J connectivity index is 1.49. The molecule has 3 aromatic carbocycles. The van der Waals surface area contributed by atoms with Gasteiger partial charge in [-0.1, -0.05) is 43.3 Å². The number of nitrogens with one attached hydrogen (secondary N) is 1. The molecule has 1 aliphatic rings. The predicted octanol–water partition coefficient (Wildman–Crippen LogP) is 5.89.